The highest BCUT2D eigenvalue weighted by Gasteiger charge is 2.35. The molecule has 0 spiro atoms. The Morgan fingerprint density at radius 2 is 2.00 bits per heavy atom. The lowest BCUT2D eigenvalue weighted by Crippen LogP contribution is -2.37. The number of morpholine rings is 1. The Kier molecular flexibility index (Phi) is 6.08. The molecule has 1 atom stereocenters. The van der Waals surface area contributed by atoms with Crippen LogP contribution in [0.2, 0.25) is 0 Å². The third kappa shape index (κ3) is 4.51. The van der Waals surface area contributed by atoms with Crippen molar-refractivity contribution in [2.45, 2.75) is 13.0 Å². The summed E-state index contributed by atoms with van der Waals surface area (Å²) < 4.78 is 10.5. The highest BCUT2D eigenvalue weighted by atomic mass is 16.5. The van der Waals surface area contributed by atoms with Gasteiger partial charge in [0.15, 0.2) is 0 Å². The van der Waals surface area contributed by atoms with Crippen molar-refractivity contribution in [3.63, 3.8) is 0 Å². The predicted molar refractivity (Wildman–Crippen MR) is 110 cm³/mol. The van der Waals surface area contributed by atoms with Gasteiger partial charge < -0.3 is 24.6 Å². The minimum atomic E-state index is -0.401. The van der Waals surface area contributed by atoms with E-state index in [4.69, 9.17) is 9.47 Å². The molecule has 4 rings (SSSR count). The number of carbonyl (C=O) groups excluding carboxylic acids is 2. The summed E-state index contributed by atoms with van der Waals surface area (Å²) in [6.07, 6.45) is 1.89. The molecule has 2 saturated heterocycles. The van der Waals surface area contributed by atoms with Crippen LogP contribution in [-0.2, 0) is 20.9 Å². The fourth-order valence-electron chi connectivity index (χ4n) is 3.65. The molecule has 3 heterocycles. The summed E-state index contributed by atoms with van der Waals surface area (Å²) in [5, 5.41) is 2.88. The van der Waals surface area contributed by atoms with Gasteiger partial charge in [-0.1, -0.05) is 0 Å². The number of hydrogen-bond donors (Lipinski definition) is 1. The number of aromatic nitrogens is 2. The molecule has 1 aromatic heterocycles. The smallest absolute Gasteiger partial charge is 0.227 e. The van der Waals surface area contributed by atoms with Crippen molar-refractivity contribution in [1.82, 2.24) is 15.3 Å². The van der Waals surface area contributed by atoms with Gasteiger partial charge in [0.1, 0.15) is 17.4 Å². The fraction of sp³-hybridized carbons (Fsp3) is 0.429. The number of nitrogens with one attached hydrogen (secondary N) is 1. The Morgan fingerprint density at radius 3 is 2.73 bits per heavy atom. The minimum absolute atomic E-state index is 0.0640. The molecule has 2 fully saturated rings. The van der Waals surface area contributed by atoms with Gasteiger partial charge in [-0.05, 0) is 30.3 Å². The number of carbonyl (C=O) groups is 2. The summed E-state index contributed by atoms with van der Waals surface area (Å²) in [6, 6.07) is 9.10. The first-order valence-electron chi connectivity index (χ1n) is 10.0. The van der Waals surface area contributed by atoms with Crippen molar-refractivity contribution in [3.8, 4) is 5.75 Å². The van der Waals surface area contributed by atoms with E-state index >= 15 is 0 Å². The van der Waals surface area contributed by atoms with Crippen LogP contribution in [0.1, 0.15) is 12.2 Å². The third-order valence-electron chi connectivity index (χ3n) is 5.33. The van der Waals surface area contributed by atoms with Gasteiger partial charge in [-0.15, -0.1) is 0 Å². The average Bonchev–Trinajstić information content (AvgIpc) is 3.20. The molecule has 30 heavy (non-hydrogen) atoms. The Hall–Kier alpha value is -3.20. The molecule has 9 heteroatoms. The summed E-state index contributed by atoms with van der Waals surface area (Å²) in [5.41, 5.74) is 0.762. The first-order chi connectivity index (χ1) is 14.6. The Balaban J connectivity index is 1.33. The second-order valence-corrected chi connectivity index (χ2v) is 7.25. The van der Waals surface area contributed by atoms with Crippen molar-refractivity contribution in [3.05, 3.63) is 42.4 Å². The molecule has 2 aliphatic heterocycles. The first kappa shape index (κ1) is 20.1. The molecule has 158 valence electrons. The van der Waals surface area contributed by atoms with Crippen LogP contribution in [-0.4, -0.2) is 61.7 Å². The van der Waals surface area contributed by atoms with Crippen LogP contribution in [0.4, 0.5) is 11.5 Å². The molecule has 9 nitrogen and oxygen atoms in total. The molecule has 1 unspecified atom stereocenters. The molecule has 0 saturated carbocycles. The normalized spacial score (nSPS) is 19.1. The van der Waals surface area contributed by atoms with Crippen molar-refractivity contribution < 1.29 is 19.1 Å². The first-order valence-corrected chi connectivity index (χ1v) is 10.0. The Bertz CT molecular complexity index is 899. The van der Waals surface area contributed by atoms with Crippen LogP contribution >= 0.6 is 0 Å². The molecule has 0 bridgehead atoms. The molecule has 0 radical (unpaired) electrons. The zero-order valence-electron chi connectivity index (χ0n) is 16.9. The lowest BCUT2D eigenvalue weighted by molar-refractivity contribution is -0.126. The minimum Gasteiger partial charge on any atom is -0.497 e. The van der Waals surface area contributed by atoms with Gasteiger partial charge in [0.05, 0.1) is 32.8 Å². The maximum atomic E-state index is 12.6. The van der Waals surface area contributed by atoms with E-state index in [0.717, 1.165) is 30.3 Å². The quantitative estimate of drug-likeness (QED) is 0.757. The van der Waals surface area contributed by atoms with Crippen LogP contribution in [0, 0.1) is 5.92 Å². The number of ether oxygens (including phenoxy) is 2. The van der Waals surface area contributed by atoms with Gasteiger partial charge in [-0.25, -0.2) is 9.97 Å². The topological polar surface area (TPSA) is 96.9 Å². The Labute approximate surface area is 175 Å². The van der Waals surface area contributed by atoms with Gasteiger partial charge >= 0.3 is 0 Å². The number of anilines is 2. The zero-order chi connectivity index (χ0) is 20.9. The molecule has 1 N–H and O–H groups in total. The summed E-state index contributed by atoms with van der Waals surface area (Å²) >= 11 is 0. The largest absolute Gasteiger partial charge is 0.497 e. The fourth-order valence-corrected chi connectivity index (χ4v) is 3.65. The van der Waals surface area contributed by atoms with Crippen LogP contribution in [0.25, 0.3) is 0 Å². The van der Waals surface area contributed by atoms with Gasteiger partial charge in [-0.3, -0.25) is 9.59 Å². The van der Waals surface area contributed by atoms with E-state index < -0.39 is 5.92 Å². The van der Waals surface area contributed by atoms with E-state index in [1.54, 1.807) is 30.3 Å². The second kappa shape index (κ2) is 9.08. The van der Waals surface area contributed by atoms with E-state index in [-0.39, 0.29) is 24.8 Å². The monoisotopic (exact) mass is 411 g/mol. The number of amides is 2. The summed E-state index contributed by atoms with van der Waals surface area (Å²) in [6.45, 7) is 3.51. The highest BCUT2D eigenvalue weighted by Crippen LogP contribution is 2.27. The predicted octanol–water partition coefficient (Wildman–Crippen LogP) is 0.991. The Morgan fingerprint density at radius 1 is 1.23 bits per heavy atom. The van der Waals surface area contributed by atoms with Crippen molar-refractivity contribution in [2.24, 2.45) is 5.92 Å². The summed E-state index contributed by atoms with van der Waals surface area (Å²) in [5.74, 6) is 1.47. The molecule has 0 aliphatic carbocycles. The van der Waals surface area contributed by atoms with Crippen molar-refractivity contribution in [2.75, 3.05) is 49.8 Å². The molecule has 2 aliphatic rings. The highest BCUT2D eigenvalue weighted by molar-refractivity contribution is 6.00. The van der Waals surface area contributed by atoms with Crippen LogP contribution in [0.15, 0.2) is 36.5 Å². The number of rotatable bonds is 6. The van der Waals surface area contributed by atoms with Crippen LogP contribution < -0.4 is 19.9 Å². The van der Waals surface area contributed by atoms with Crippen molar-refractivity contribution in [1.29, 1.82) is 0 Å². The van der Waals surface area contributed by atoms with Crippen LogP contribution in [0.5, 0.6) is 5.75 Å². The molecular formula is C21H25N5O4. The molecule has 1 aromatic carbocycles. The van der Waals surface area contributed by atoms with Gasteiger partial charge in [-0.2, -0.15) is 0 Å². The summed E-state index contributed by atoms with van der Waals surface area (Å²) in [7, 11) is 1.59. The van der Waals surface area contributed by atoms with E-state index in [1.807, 2.05) is 18.2 Å². The second-order valence-electron chi connectivity index (χ2n) is 7.25. The molecule has 2 aromatic rings. The number of benzene rings is 1. The van der Waals surface area contributed by atoms with E-state index in [2.05, 4.69) is 20.2 Å². The lowest BCUT2D eigenvalue weighted by atomic mass is 10.1. The molecule has 2 amide bonds. The van der Waals surface area contributed by atoms with Crippen LogP contribution in [0.3, 0.4) is 0 Å². The van der Waals surface area contributed by atoms with Gasteiger partial charge in [0.25, 0.3) is 0 Å². The van der Waals surface area contributed by atoms with Gasteiger partial charge in [0.2, 0.25) is 11.8 Å². The molecular weight excluding hydrogens is 386 g/mol. The van der Waals surface area contributed by atoms with Gasteiger partial charge in [0, 0.05) is 37.9 Å². The lowest BCUT2D eigenvalue weighted by Gasteiger charge is -2.27. The van der Waals surface area contributed by atoms with E-state index in [9.17, 15) is 9.59 Å². The standard InChI is InChI=1S/C21H25N5O4/c1-29-17-4-2-16(3-5-17)26-14-15(12-20(26)27)21(28)23-13-18-22-7-6-19(24-18)25-8-10-30-11-9-25/h2-7,15H,8-14H2,1H3,(H,23,28). The summed E-state index contributed by atoms with van der Waals surface area (Å²) in [4.78, 5) is 37.6. The van der Waals surface area contributed by atoms with E-state index in [0.29, 0.717) is 25.6 Å². The zero-order valence-corrected chi connectivity index (χ0v) is 16.9. The number of hydrogen-bond acceptors (Lipinski definition) is 7. The number of methoxy groups -OCH3 is 1. The SMILES string of the molecule is COc1ccc(N2CC(C(=O)NCc3nccc(N4CCOCC4)n3)CC2=O)cc1. The maximum Gasteiger partial charge on any atom is 0.227 e. The average molecular weight is 411 g/mol. The third-order valence-corrected chi connectivity index (χ3v) is 5.33. The maximum absolute atomic E-state index is 12.6. The van der Waals surface area contributed by atoms with Crippen molar-refractivity contribution >= 4 is 23.3 Å². The van der Waals surface area contributed by atoms with E-state index in [1.165, 1.54) is 0 Å². The number of nitrogens with zero attached hydrogens (tertiary/aromatic N) is 4.